The first kappa shape index (κ1) is 17.7. The molecular weight excluding hydrogens is 334 g/mol. The summed E-state index contributed by atoms with van der Waals surface area (Å²) in [7, 11) is 0. The Morgan fingerprint density at radius 2 is 1.52 bits per heavy atom. The lowest BCUT2D eigenvalue weighted by atomic mass is 10.1. The van der Waals surface area contributed by atoms with E-state index < -0.39 is 0 Å². The average molecular weight is 356 g/mol. The Balaban J connectivity index is 1.69. The van der Waals surface area contributed by atoms with Gasteiger partial charge in [0.25, 0.3) is 11.8 Å². The summed E-state index contributed by atoms with van der Waals surface area (Å²) in [5, 5.41) is 0.458. The number of nitrogens with zero attached hydrogens (tertiary/aromatic N) is 1. The number of amides is 2. The Hall–Kier alpha value is -2.13. The summed E-state index contributed by atoms with van der Waals surface area (Å²) in [4.78, 5) is 26.3. The van der Waals surface area contributed by atoms with E-state index in [9.17, 15) is 9.59 Å². The highest BCUT2D eigenvalue weighted by Gasteiger charge is 2.36. The first-order chi connectivity index (χ1) is 12.1. The van der Waals surface area contributed by atoms with Crippen molar-refractivity contribution in [3.63, 3.8) is 0 Å². The molecule has 25 heavy (non-hydrogen) atoms. The number of benzene rings is 2. The maximum Gasteiger partial charge on any atom is 0.266 e. The number of unbranched alkanes of at least 4 members (excludes halogenated alkanes) is 4. The second-order valence-corrected chi connectivity index (χ2v) is 6.90. The van der Waals surface area contributed by atoms with Crippen molar-refractivity contribution in [2.24, 2.45) is 0 Å². The van der Waals surface area contributed by atoms with Crippen LogP contribution in [0.1, 0.15) is 65.3 Å². The predicted molar refractivity (Wildman–Crippen MR) is 101 cm³/mol. The van der Waals surface area contributed by atoms with Crippen LogP contribution in [0.15, 0.2) is 42.5 Å². The fraction of sp³-hybridized carbons (Fsp3) is 0.333. The second kappa shape index (κ2) is 7.83. The number of aryl methyl sites for hydroxylation is 1. The molecule has 0 bridgehead atoms. The van der Waals surface area contributed by atoms with Crippen molar-refractivity contribution in [1.29, 1.82) is 0 Å². The molecule has 0 N–H and O–H groups in total. The minimum Gasteiger partial charge on any atom is -0.268 e. The van der Waals surface area contributed by atoms with Gasteiger partial charge in [0.1, 0.15) is 0 Å². The van der Waals surface area contributed by atoms with Crippen LogP contribution in [0.2, 0.25) is 5.02 Å². The molecular formula is C21H22ClNO2. The third kappa shape index (κ3) is 3.77. The van der Waals surface area contributed by atoms with Crippen LogP contribution in [-0.2, 0) is 6.42 Å². The minimum absolute atomic E-state index is 0.288. The van der Waals surface area contributed by atoms with E-state index in [4.69, 9.17) is 11.6 Å². The maximum atomic E-state index is 12.6. The zero-order valence-electron chi connectivity index (χ0n) is 14.4. The summed E-state index contributed by atoms with van der Waals surface area (Å²) in [5.41, 5.74) is 2.63. The summed E-state index contributed by atoms with van der Waals surface area (Å²) >= 11 is 5.95. The first-order valence-corrected chi connectivity index (χ1v) is 9.27. The van der Waals surface area contributed by atoms with E-state index in [2.05, 4.69) is 6.92 Å². The minimum atomic E-state index is -0.310. The Bertz CT molecular complexity index is 783. The molecule has 2 aromatic carbocycles. The van der Waals surface area contributed by atoms with Crippen LogP contribution in [0.5, 0.6) is 0 Å². The van der Waals surface area contributed by atoms with E-state index in [0.29, 0.717) is 21.8 Å². The highest BCUT2D eigenvalue weighted by atomic mass is 35.5. The monoisotopic (exact) mass is 355 g/mol. The lowest BCUT2D eigenvalue weighted by Crippen LogP contribution is -2.29. The van der Waals surface area contributed by atoms with Crippen LogP contribution in [0.25, 0.3) is 0 Å². The van der Waals surface area contributed by atoms with Crippen molar-refractivity contribution in [3.8, 4) is 0 Å². The fourth-order valence-corrected chi connectivity index (χ4v) is 3.36. The number of halogens is 1. The van der Waals surface area contributed by atoms with Crippen LogP contribution >= 0.6 is 11.6 Å². The third-order valence-corrected chi connectivity index (χ3v) is 4.85. The average Bonchev–Trinajstić information content (AvgIpc) is 2.86. The molecule has 0 unspecified atom stereocenters. The van der Waals surface area contributed by atoms with Crippen LogP contribution in [-0.4, -0.2) is 11.8 Å². The van der Waals surface area contributed by atoms with Gasteiger partial charge in [-0.15, -0.1) is 0 Å². The van der Waals surface area contributed by atoms with Crippen LogP contribution in [0.3, 0.4) is 0 Å². The second-order valence-electron chi connectivity index (χ2n) is 6.47. The molecule has 0 saturated heterocycles. The van der Waals surface area contributed by atoms with Crippen molar-refractivity contribution in [2.45, 2.75) is 45.4 Å². The molecule has 4 heteroatoms. The van der Waals surface area contributed by atoms with Gasteiger partial charge in [0.05, 0.1) is 16.8 Å². The number of fused-ring (bicyclic) bond motifs is 1. The van der Waals surface area contributed by atoms with Gasteiger partial charge in [-0.05, 0) is 48.7 Å². The molecule has 0 aliphatic carbocycles. The number of rotatable bonds is 7. The normalized spacial score (nSPS) is 13.4. The van der Waals surface area contributed by atoms with Gasteiger partial charge in [0, 0.05) is 5.02 Å². The number of hydrogen-bond donors (Lipinski definition) is 0. The van der Waals surface area contributed by atoms with Crippen molar-refractivity contribution in [1.82, 2.24) is 0 Å². The largest absolute Gasteiger partial charge is 0.268 e. The van der Waals surface area contributed by atoms with E-state index in [-0.39, 0.29) is 11.8 Å². The quantitative estimate of drug-likeness (QED) is 0.475. The molecule has 0 spiro atoms. The molecule has 2 amide bonds. The summed E-state index contributed by atoms with van der Waals surface area (Å²) in [6, 6.07) is 12.5. The molecule has 0 radical (unpaired) electrons. The Kier molecular flexibility index (Phi) is 5.54. The van der Waals surface area contributed by atoms with Gasteiger partial charge >= 0.3 is 0 Å². The Morgan fingerprint density at radius 1 is 0.840 bits per heavy atom. The lowest BCUT2D eigenvalue weighted by Gasteiger charge is -2.14. The van der Waals surface area contributed by atoms with Gasteiger partial charge in [-0.3, -0.25) is 9.59 Å². The Labute approximate surface area is 153 Å². The number of hydrogen-bond acceptors (Lipinski definition) is 2. The van der Waals surface area contributed by atoms with Gasteiger partial charge < -0.3 is 0 Å². The summed E-state index contributed by atoms with van der Waals surface area (Å²) in [5.74, 6) is -0.598. The van der Waals surface area contributed by atoms with Gasteiger partial charge in [-0.2, -0.15) is 0 Å². The van der Waals surface area contributed by atoms with E-state index in [0.717, 1.165) is 6.42 Å². The standard InChI is InChI=1S/C21H22ClNO2/c1-2-3-4-5-6-7-15-8-11-17(12-9-15)23-20(24)18-13-10-16(22)14-19(18)21(23)25/h8-14H,2-7H2,1H3. The highest BCUT2D eigenvalue weighted by Crippen LogP contribution is 2.30. The number of carbonyl (C=O) groups excluding carboxylic acids is 2. The molecule has 1 aliphatic heterocycles. The Morgan fingerprint density at radius 3 is 2.24 bits per heavy atom. The lowest BCUT2D eigenvalue weighted by molar-refractivity contribution is 0.0926. The molecule has 3 rings (SSSR count). The molecule has 2 aromatic rings. The maximum absolute atomic E-state index is 12.6. The zero-order valence-corrected chi connectivity index (χ0v) is 15.2. The smallest absolute Gasteiger partial charge is 0.266 e. The van der Waals surface area contributed by atoms with Gasteiger partial charge in [0.2, 0.25) is 0 Å². The van der Waals surface area contributed by atoms with Crippen LogP contribution < -0.4 is 4.90 Å². The highest BCUT2D eigenvalue weighted by molar-refractivity contribution is 6.36. The topological polar surface area (TPSA) is 37.4 Å². The van der Waals surface area contributed by atoms with Gasteiger partial charge in [-0.1, -0.05) is 56.3 Å². The van der Waals surface area contributed by atoms with Gasteiger partial charge in [-0.25, -0.2) is 4.90 Å². The molecule has 0 atom stereocenters. The molecule has 130 valence electrons. The first-order valence-electron chi connectivity index (χ1n) is 8.89. The number of carbonyl (C=O) groups is 2. The van der Waals surface area contributed by atoms with Crippen molar-refractivity contribution >= 4 is 29.1 Å². The molecule has 0 fully saturated rings. The van der Waals surface area contributed by atoms with E-state index in [1.54, 1.807) is 18.2 Å². The summed E-state index contributed by atoms with van der Waals surface area (Å²) in [6.45, 7) is 2.21. The molecule has 3 nitrogen and oxygen atoms in total. The van der Waals surface area contributed by atoms with Crippen molar-refractivity contribution < 1.29 is 9.59 Å². The fourth-order valence-electron chi connectivity index (χ4n) is 3.19. The zero-order chi connectivity index (χ0) is 17.8. The number of imide groups is 1. The predicted octanol–water partition coefficient (Wildman–Crippen LogP) is 5.65. The summed E-state index contributed by atoms with van der Waals surface area (Å²) in [6.07, 6.45) is 7.27. The van der Waals surface area contributed by atoms with Crippen molar-refractivity contribution in [3.05, 3.63) is 64.2 Å². The van der Waals surface area contributed by atoms with E-state index in [1.807, 2.05) is 24.3 Å². The third-order valence-electron chi connectivity index (χ3n) is 4.61. The van der Waals surface area contributed by atoms with E-state index in [1.165, 1.54) is 42.6 Å². The number of anilines is 1. The van der Waals surface area contributed by atoms with Crippen LogP contribution in [0.4, 0.5) is 5.69 Å². The van der Waals surface area contributed by atoms with E-state index >= 15 is 0 Å². The van der Waals surface area contributed by atoms with Gasteiger partial charge in [0.15, 0.2) is 0 Å². The van der Waals surface area contributed by atoms with Crippen LogP contribution in [0, 0.1) is 0 Å². The molecule has 0 saturated carbocycles. The SMILES string of the molecule is CCCCCCCc1ccc(N2C(=O)c3ccc(Cl)cc3C2=O)cc1. The molecule has 1 heterocycles. The molecule has 0 aromatic heterocycles. The summed E-state index contributed by atoms with van der Waals surface area (Å²) < 4.78 is 0. The van der Waals surface area contributed by atoms with Crippen molar-refractivity contribution in [2.75, 3.05) is 4.90 Å². The molecule has 1 aliphatic rings.